The van der Waals surface area contributed by atoms with E-state index in [-0.39, 0.29) is 36.0 Å². The van der Waals surface area contributed by atoms with Crippen molar-refractivity contribution in [1.29, 1.82) is 0 Å². The molecule has 1 aliphatic rings. The smallest absolute Gasteiger partial charge is 0.244 e. The molecule has 3 N–H and O–H groups in total. The van der Waals surface area contributed by atoms with Gasteiger partial charge in [-0.2, -0.15) is 0 Å². The number of rotatable bonds is 4. The van der Waals surface area contributed by atoms with Gasteiger partial charge in [0.15, 0.2) is 0 Å². The third kappa shape index (κ3) is 5.28. The highest BCUT2D eigenvalue weighted by Crippen LogP contribution is 2.22. The maximum Gasteiger partial charge on any atom is 0.244 e. The highest BCUT2D eigenvalue weighted by atomic mass is 35.5. The number of amides is 2. The molecule has 2 aromatic rings. The summed E-state index contributed by atoms with van der Waals surface area (Å²) in [5, 5.41) is 2.80. The Hall–Kier alpha value is -2.44. The lowest BCUT2D eigenvalue weighted by atomic mass is 9.94. The molecule has 0 bridgehead atoms. The zero-order chi connectivity index (χ0) is 18.5. The molecule has 7 heteroatoms. The van der Waals surface area contributed by atoms with Crippen molar-refractivity contribution in [2.75, 3.05) is 18.4 Å². The van der Waals surface area contributed by atoms with Crippen LogP contribution in [0.1, 0.15) is 24.4 Å². The lowest BCUT2D eigenvalue weighted by Crippen LogP contribution is -2.45. The summed E-state index contributed by atoms with van der Waals surface area (Å²) in [4.78, 5) is 26.6. The van der Waals surface area contributed by atoms with Gasteiger partial charge in [-0.1, -0.05) is 30.3 Å². The van der Waals surface area contributed by atoms with Gasteiger partial charge in [-0.25, -0.2) is 4.39 Å². The monoisotopic (exact) mass is 391 g/mol. The summed E-state index contributed by atoms with van der Waals surface area (Å²) in [6.07, 6.45) is 1.17. The van der Waals surface area contributed by atoms with Gasteiger partial charge in [0.1, 0.15) is 11.9 Å². The van der Waals surface area contributed by atoms with E-state index < -0.39 is 6.04 Å². The third-order valence-electron chi connectivity index (χ3n) is 4.71. The lowest BCUT2D eigenvalue weighted by molar-refractivity contribution is -0.135. The zero-order valence-corrected chi connectivity index (χ0v) is 15.6. The van der Waals surface area contributed by atoms with Crippen LogP contribution in [0.2, 0.25) is 0 Å². The van der Waals surface area contributed by atoms with E-state index in [1.165, 1.54) is 24.3 Å². The fraction of sp³-hybridized carbons (Fsp3) is 0.300. The van der Waals surface area contributed by atoms with Crippen LogP contribution in [-0.2, 0) is 9.59 Å². The molecule has 1 fully saturated rings. The van der Waals surface area contributed by atoms with E-state index in [2.05, 4.69) is 5.32 Å². The Morgan fingerprint density at radius 3 is 2.22 bits per heavy atom. The van der Waals surface area contributed by atoms with Crippen LogP contribution in [0, 0.1) is 11.7 Å². The Bertz CT molecular complexity index is 763. The summed E-state index contributed by atoms with van der Waals surface area (Å²) in [5.41, 5.74) is 7.43. The molecule has 144 valence electrons. The first-order chi connectivity index (χ1) is 12.5. The molecule has 27 heavy (non-hydrogen) atoms. The first-order valence-corrected chi connectivity index (χ1v) is 8.70. The molecular weight excluding hydrogens is 369 g/mol. The van der Waals surface area contributed by atoms with Gasteiger partial charge in [0.05, 0.1) is 0 Å². The Balaban J connectivity index is 0.00000261. The summed E-state index contributed by atoms with van der Waals surface area (Å²) < 4.78 is 12.9. The molecule has 1 aliphatic heterocycles. The number of piperidine rings is 1. The standard InChI is InChI=1S/C20H22FN3O2.ClH/c21-16-6-8-17(9-7-16)23-19(25)15-10-12-24(13-11-15)20(26)18(22)14-4-2-1-3-5-14;/h1-9,15,18H,10-13,22H2,(H,23,25);1H. The second kappa shape index (κ2) is 9.48. The summed E-state index contributed by atoms with van der Waals surface area (Å²) in [7, 11) is 0. The van der Waals surface area contributed by atoms with Crippen LogP contribution in [0.25, 0.3) is 0 Å². The average Bonchev–Trinajstić information content (AvgIpc) is 2.69. The zero-order valence-electron chi connectivity index (χ0n) is 14.8. The largest absolute Gasteiger partial charge is 0.341 e. The normalized spacial score (nSPS) is 15.6. The van der Waals surface area contributed by atoms with E-state index in [9.17, 15) is 14.0 Å². The second-order valence-corrected chi connectivity index (χ2v) is 6.48. The van der Waals surface area contributed by atoms with E-state index >= 15 is 0 Å². The third-order valence-corrected chi connectivity index (χ3v) is 4.71. The molecule has 2 aromatic carbocycles. The topological polar surface area (TPSA) is 75.4 Å². The van der Waals surface area contributed by atoms with Crippen LogP contribution in [-0.4, -0.2) is 29.8 Å². The summed E-state index contributed by atoms with van der Waals surface area (Å²) in [6.45, 7) is 1.00. The predicted octanol–water partition coefficient (Wildman–Crippen LogP) is 3.12. The number of carbonyl (C=O) groups excluding carboxylic acids is 2. The van der Waals surface area contributed by atoms with Crippen molar-refractivity contribution in [1.82, 2.24) is 4.90 Å². The molecule has 1 unspecified atom stereocenters. The van der Waals surface area contributed by atoms with Crippen LogP contribution < -0.4 is 11.1 Å². The van der Waals surface area contributed by atoms with Crippen molar-refractivity contribution in [3.63, 3.8) is 0 Å². The average molecular weight is 392 g/mol. The van der Waals surface area contributed by atoms with Gasteiger partial charge in [0.2, 0.25) is 11.8 Å². The number of benzene rings is 2. The van der Waals surface area contributed by atoms with Crippen molar-refractivity contribution in [2.24, 2.45) is 11.7 Å². The molecule has 5 nitrogen and oxygen atoms in total. The van der Waals surface area contributed by atoms with Gasteiger partial charge in [-0.05, 0) is 42.7 Å². The van der Waals surface area contributed by atoms with Crippen LogP contribution in [0.4, 0.5) is 10.1 Å². The van der Waals surface area contributed by atoms with Crippen molar-refractivity contribution >= 4 is 29.9 Å². The number of hydrogen-bond acceptors (Lipinski definition) is 3. The van der Waals surface area contributed by atoms with E-state index in [0.29, 0.717) is 31.6 Å². The lowest BCUT2D eigenvalue weighted by Gasteiger charge is -2.33. The van der Waals surface area contributed by atoms with Gasteiger partial charge in [-0.3, -0.25) is 9.59 Å². The molecule has 3 rings (SSSR count). The first-order valence-electron chi connectivity index (χ1n) is 8.70. The van der Waals surface area contributed by atoms with Crippen molar-refractivity contribution in [2.45, 2.75) is 18.9 Å². The number of nitrogens with zero attached hydrogens (tertiary/aromatic N) is 1. The minimum absolute atomic E-state index is 0. The first kappa shape index (κ1) is 20.9. The molecule has 1 atom stereocenters. The fourth-order valence-electron chi connectivity index (χ4n) is 3.14. The quantitative estimate of drug-likeness (QED) is 0.840. The molecule has 0 saturated carbocycles. The fourth-order valence-corrected chi connectivity index (χ4v) is 3.14. The van der Waals surface area contributed by atoms with Crippen molar-refractivity contribution in [3.05, 3.63) is 66.0 Å². The summed E-state index contributed by atoms with van der Waals surface area (Å²) in [5.74, 6) is -0.730. The Morgan fingerprint density at radius 2 is 1.63 bits per heavy atom. The van der Waals surface area contributed by atoms with E-state index in [1.54, 1.807) is 4.90 Å². The van der Waals surface area contributed by atoms with Gasteiger partial charge in [0.25, 0.3) is 0 Å². The number of hydrogen-bond donors (Lipinski definition) is 2. The Kier molecular flexibility index (Phi) is 7.33. The SMILES string of the molecule is Cl.NC(C(=O)N1CCC(C(=O)Nc2ccc(F)cc2)CC1)c1ccccc1. The van der Waals surface area contributed by atoms with E-state index in [4.69, 9.17) is 5.73 Å². The van der Waals surface area contributed by atoms with Crippen LogP contribution in [0.5, 0.6) is 0 Å². The molecule has 2 amide bonds. The highest BCUT2D eigenvalue weighted by Gasteiger charge is 2.30. The summed E-state index contributed by atoms with van der Waals surface area (Å²) >= 11 is 0. The molecule has 0 aromatic heterocycles. The molecule has 0 aliphatic carbocycles. The predicted molar refractivity (Wildman–Crippen MR) is 105 cm³/mol. The number of nitrogens with one attached hydrogen (secondary N) is 1. The molecular formula is C20H23ClFN3O2. The van der Waals surface area contributed by atoms with Crippen molar-refractivity contribution in [3.8, 4) is 0 Å². The second-order valence-electron chi connectivity index (χ2n) is 6.48. The number of carbonyl (C=O) groups is 2. The van der Waals surface area contributed by atoms with Gasteiger partial charge in [0, 0.05) is 24.7 Å². The van der Waals surface area contributed by atoms with E-state index in [0.717, 1.165) is 5.56 Å². The van der Waals surface area contributed by atoms with Crippen LogP contribution in [0.3, 0.4) is 0 Å². The number of anilines is 1. The van der Waals surface area contributed by atoms with Gasteiger partial charge >= 0.3 is 0 Å². The minimum Gasteiger partial charge on any atom is -0.341 e. The number of likely N-dealkylation sites (tertiary alicyclic amines) is 1. The Morgan fingerprint density at radius 1 is 1.04 bits per heavy atom. The molecule has 0 spiro atoms. The minimum atomic E-state index is -0.680. The van der Waals surface area contributed by atoms with E-state index in [1.807, 2.05) is 30.3 Å². The highest BCUT2D eigenvalue weighted by molar-refractivity contribution is 5.92. The number of halogens is 2. The Labute approximate surface area is 164 Å². The molecule has 1 heterocycles. The summed E-state index contributed by atoms with van der Waals surface area (Å²) in [6, 6.07) is 14.3. The van der Waals surface area contributed by atoms with Crippen molar-refractivity contribution < 1.29 is 14.0 Å². The molecule has 1 saturated heterocycles. The maximum atomic E-state index is 12.9. The van der Waals surface area contributed by atoms with Crippen LogP contribution in [0.15, 0.2) is 54.6 Å². The van der Waals surface area contributed by atoms with Gasteiger partial charge < -0.3 is 16.0 Å². The molecule has 0 radical (unpaired) electrons. The van der Waals surface area contributed by atoms with Crippen LogP contribution >= 0.6 is 12.4 Å². The maximum absolute atomic E-state index is 12.9. The number of nitrogens with two attached hydrogens (primary N) is 1. The van der Waals surface area contributed by atoms with Gasteiger partial charge in [-0.15, -0.1) is 12.4 Å².